The summed E-state index contributed by atoms with van der Waals surface area (Å²) < 4.78 is 11.0. The van der Waals surface area contributed by atoms with Gasteiger partial charge in [0.2, 0.25) is 0 Å². The average Bonchev–Trinajstić information content (AvgIpc) is 3.19. The molecule has 1 saturated carbocycles. The van der Waals surface area contributed by atoms with Crippen molar-refractivity contribution >= 4 is 40.1 Å². The molecule has 2 unspecified atom stereocenters. The van der Waals surface area contributed by atoms with Crippen molar-refractivity contribution in [2.75, 3.05) is 7.11 Å². The predicted octanol–water partition coefficient (Wildman–Crippen LogP) is 5.27. The van der Waals surface area contributed by atoms with Gasteiger partial charge >= 0.3 is 5.97 Å². The van der Waals surface area contributed by atoms with Crippen molar-refractivity contribution in [3.8, 4) is 5.75 Å². The number of halogens is 2. The fraction of sp³-hybridized carbons (Fsp3) is 0.391. The molecule has 164 valence electrons. The third-order valence-corrected chi connectivity index (χ3v) is 6.15. The summed E-state index contributed by atoms with van der Waals surface area (Å²) in [6.45, 7) is 0.958. The number of H-pyrrole nitrogens is 1. The maximum atomic E-state index is 11.9. The molecule has 1 fully saturated rings. The Morgan fingerprint density at radius 1 is 1.23 bits per heavy atom. The van der Waals surface area contributed by atoms with Crippen molar-refractivity contribution in [1.82, 2.24) is 15.5 Å². The maximum absolute atomic E-state index is 11.9. The Morgan fingerprint density at radius 2 is 2.03 bits per heavy atom. The van der Waals surface area contributed by atoms with Crippen LogP contribution in [-0.2, 0) is 22.7 Å². The van der Waals surface area contributed by atoms with E-state index in [4.69, 9.17) is 32.7 Å². The second-order valence-electron chi connectivity index (χ2n) is 7.88. The zero-order valence-electron chi connectivity index (χ0n) is 17.3. The summed E-state index contributed by atoms with van der Waals surface area (Å²) >= 11 is 12.2. The van der Waals surface area contributed by atoms with Crippen molar-refractivity contribution in [3.05, 3.63) is 57.7 Å². The molecule has 1 aliphatic rings. The number of carbonyl (C=O) groups is 1. The standard InChI is InChI=1S/C23H25Cl2N3O3/c1-30-23(29)15-4-2-5-18(10-15)26-12-20-22-19(27-28-20)6-3-7-21(22)31-13-14-8-16(24)11-17(25)9-14/h3,6-9,11,15,18,26H,2,4-5,10,12-13H2,1H3,(H,27,28). The monoisotopic (exact) mass is 461 g/mol. The summed E-state index contributed by atoms with van der Waals surface area (Å²) in [5.74, 6) is 0.601. The minimum atomic E-state index is -0.115. The van der Waals surface area contributed by atoms with Gasteiger partial charge in [-0.1, -0.05) is 35.7 Å². The number of ether oxygens (including phenoxy) is 2. The minimum Gasteiger partial charge on any atom is -0.488 e. The molecular weight excluding hydrogens is 437 g/mol. The number of esters is 1. The largest absolute Gasteiger partial charge is 0.488 e. The number of aromatic nitrogens is 2. The molecule has 1 aromatic heterocycles. The molecule has 31 heavy (non-hydrogen) atoms. The molecule has 0 aliphatic heterocycles. The first kappa shape index (κ1) is 21.9. The minimum absolute atomic E-state index is 0.0295. The number of carbonyl (C=O) groups excluding carboxylic acids is 1. The Kier molecular flexibility index (Phi) is 7.00. The lowest BCUT2D eigenvalue weighted by Gasteiger charge is -2.28. The first-order valence-electron chi connectivity index (χ1n) is 10.4. The van der Waals surface area contributed by atoms with Gasteiger partial charge in [-0.15, -0.1) is 0 Å². The van der Waals surface area contributed by atoms with E-state index in [-0.39, 0.29) is 17.9 Å². The summed E-state index contributed by atoms with van der Waals surface area (Å²) in [5, 5.41) is 13.2. The second kappa shape index (κ2) is 9.90. The van der Waals surface area contributed by atoms with Gasteiger partial charge in [-0.05, 0) is 55.2 Å². The Hall–Kier alpha value is -2.28. The number of methoxy groups -OCH3 is 1. The van der Waals surface area contributed by atoms with Crippen molar-refractivity contribution in [2.45, 2.75) is 44.9 Å². The molecule has 0 spiro atoms. The van der Waals surface area contributed by atoms with Crippen LogP contribution in [0, 0.1) is 5.92 Å². The first-order chi connectivity index (χ1) is 15.0. The fourth-order valence-electron chi connectivity index (χ4n) is 4.21. The van der Waals surface area contributed by atoms with Crippen molar-refractivity contribution in [2.24, 2.45) is 5.92 Å². The van der Waals surface area contributed by atoms with Gasteiger partial charge in [-0.3, -0.25) is 9.89 Å². The Bertz CT molecular complexity index is 1050. The van der Waals surface area contributed by atoms with E-state index in [0.717, 1.165) is 53.6 Å². The van der Waals surface area contributed by atoms with Gasteiger partial charge in [0.05, 0.1) is 29.6 Å². The van der Waals surface area contributed by atoms with Crippen molar-refractivity contribution < 1.29 is 14.3 Å². The summed E-state index contributed by atoms with van der Waals surface area (Å²) in [6, 6.07) is 11.4. The molecule has 4 rings (SSSR count). The molecule has 2 aromatic carbocycles. The SMILES string of the molecule is COC(=O)C1CCCC(NCc2[nH]nc3cccc(OCc4cc(Cl)cc(Cl)c4)c23)C1. The van der Waals surface area contributed by atoms with Gasteiger partial charge in [-0.25, -0.2) is 0 Å². The van der Waals surface area contributed by atoms with Crippen LogP contribution in [0.3, 0.4) is 0 Å². The molecule has 0 saturated heterocycles. The zero-order chi connectivity index (χ0) is 21.8. The lowest BCUT2D eigenvalue weighted by atomic mass is 9.85. The van der Waals surface area contributed by atoms with Crippen LogP contribution in [0.25, 0.3) is 10.9 Å². The summed E-state index contributed by atoms with van der Waals surface area (Å²) in [4.78, 5) is 11.9. The van der Waals surface area contributed by atoms with Gasteiger partial charge in [0.25, 0.3) is 0 Å². The molecule has 2 atom stereocenters. The Morgan fingerprint density at radius 3 is 2.81 bits per heavy atom. The van der Waals surface area contributed by atoms with E-state index in [1.165, 1.54) is 7.11 Å². The molecule has 6 nitrogen and oxygen atoms in total. The van der Waals surface area contributed by atoms with Crippen LogP contribution in [0.5, 0.6) is 5.75 Å². The van der Waals surface area contributed by atoms with Gasteiger partial charge in [0, 0.05) is 22.6 Å². The lowest BCUT2D eigenvalue weighted by Crippen LogP contribution is -2.36. The van der Waals surface area contributed by atoms with Crippen LogP contribution in [0.15, 0.2) is 36.4 Å². The number of fused-ring (bicyclic) bond motifs is 1. The second-order valence-corrected chi connectivity index (χ2v) is 8.76. The number of hydrogen-bond donors (Lipinski definition) is 2. The molecule has 3 aromatic rings. The highest BCUT2D eigenvalue weighted by atomic mass is 35.5. The Labute approximate surface area is 191 Å². The quantitative estimate of drug-likeness (QED) is 0.468. The third kappa shape index (κ3) is 5.32. The molecule has 1 aliphatic carbocycles. The van der Waals surface area contributed by atoms with Crippen LogP contribution in [0.2, 0.25) is 10.0 Å². The van der Waals surface area contributed by atoms with E-state index >= 15 is 0 Å². The number of aromatic amines is 1. The van der Waals surface area contributed by atoms with E-state index in [2.05, 4.69) is 15.5 Å². The molecule has 8 heteroatoms. The highest BCUT2D eigenvalue weighted by Gasteiger charge is 2.27. The summed E-state index contributed by atoms with van der Waals surface area (Å²) in [7, 11) is 1.45. The van der Waals surface area contributed by atoms with Gasteiger partial charge in [0.1, 0.15) is 12.4 Å². The van der Waals surface area contributed by atoms with Crippen molar-refractivity contribution in [1.29, 1.82) is 0 Å². The number of nitrogens with zero attached hydrogens (tertiary/aromatic N) is 1. The number of benzene rings is 2. The van der Waals surface area contributed by atoms with Crippen LogP contribution in [0.1, 0.15) is 36.9 Å². The molecule has 0 radical (unpaired) electrons. The number of hydrogen-bond acceptors (Lipinski definition) is 5. The average molecular weight is 462 g/mol. The smallest absolute Gasteiger partial charge is 0.308 e. The van der Waals surface area contributed by atoms with E-state index in [1.807, 2.05) is 30.3 Å². The summed E-state index contributed by atoms with van der Waals surface area (Å²) in [5.41, 5.74) is 2.69. The maximum Gasteiger partial charge on any atom is 0.308 e. The molecule has 2 N–H and O–H groups in total. The van der Waals surface area contributed by atoms with Crippen LogP contribution >= 0.6 is 23.2 Å². The number of rotatable bonds is 7. The van der Waals surface area contributed by atoms with E-state index in [0.29, 0.717) is 23.2 Å². The van der Waals surface area contributed by atoms with Crippen LogP contribution in [-0.4, -0.2) is 29.3 Å². The normalized spacial score (nSPS) is 18.8. The zero-order valence-corrected chi connectivity index (χ0v) is 18.8. The molecular formula is C23H25Cl2N3O3. The van der Waals surface area contributed by atoms with Crippen LogP contribution in [0.4, 0.5) is 0 Å². The highest BCUT2D eigenvalue weighted by Crippen LogP contribution is 2.30. The predicted molar refractivity (Wildman–Crippen MR) is 121 cm³/mol. The van der Waals surface area contributed by atoms with Gasteiger partial charge in [0.15, 0.2) is 0 Å². The van der Waals surface area contributed by atoms with Crippen LogP contribution < -0.4 is 10.1 Å². The molecule has 0 bridgehead atoms. The van der Waals surface area contributed by atoms with Gasteiger partial charge in [-0.2, -0.15) is 5.10 Å². The Balaban J connectivity index is 1.46. The number of nitrogens with one attached hydrogen (secondary N) is 2. The van der Waals surface area contributed by atoms with E-state index in [9.17, 15) is 4.79 Å². The lowest BCUT2D eigenvalue weighted by molar-refractivity contribution is -0.146. The van der Waals surface area contributed by atoms with Crippen molar-refractivity contribution in [3.63, 3.8) is 0 Å². The van der Waals surface area contributed by atoms with E-state index in [1.54, 1.807) is 6.07 Å². The third-order valence-electron chi connectivity index (χ3n) is 5.71. The topological polar surface area (TPSA) is 76.2 Å². The first-order valence-corrected chi connectivity index (χ1v) is 11.1. The highest BCUT2D eigenvalue weighted by molar-refractivity contribution is 6.34. The fourth-order valence-corrected chi connectivity index (χ4v) is 4.78. The summed E-state index contributed by atoms with van der Waals surface area (Å²) in [6.07, 6.45) is 3.73. The molecule has 0 amide bonds. The van der Waals surface area contributed by atoms with Gasteiger partial charge < -0.3 is 14.8 Å². The molecule has 1 heterocycles. The van der Waals surface area contributed by atoms with E-state index < -0.39 is 0 Å².